The molecule has 202 valence electrons. The Morgan fingerprint density at radius 1 is 1.05 bits per heavy atom. The number of rotatable bonds is 9. The molecule has 3 N–H and O–H groups in total. The molecule has 0 spiro atoms. The fraction of sp³-hybridized carbons (Fsp3) is 0.379. The third-order valence-corrected chi connectivity index (χ3v) is 7.04. The van der Waals surface area contributed by atoms with Gasteiger partial charge in [0.25, 0.3) is 0 Å². The fourth-order valence-corrected chi connectivity index (χ4v) is 4.87. The van der Waals surface area contributed by atoms with Crippen LogP contribution < -0.4 is 15.5 Å². The van der Waals surface area contributed by atoms with Crippen LogP contribution >= 0.6 is 0 Å². The minimum Gasteiger partial charge on any atom is -0.504 e. The molecule has 2 aromatic carbocycles. The SMILES string of the molecule is COc1cc(C(CC(=O)NCC(c2ccccc2)N2CCN(C)CC2)c2oc(C)cc(=O)c2O)ccc1O. The molecule has 0 aliphatic carbocycles. The van der Waals surface area contributed by atoms with Crippen LogP contribution in [0.15, 0.2) is 63.8 Å². The van der Waals surface area contributed by atoms with Crippen LogP contribution in [0.25, 0.3) is 0 Å². The first-order valence-corrected chi connectivity index (χ1v) is 12.7. The van der Waals surface area contributed by atoms with Gasteiger partial charge in [0, 0.05) is 45.2 Å². The van der Waals surface area contributed by atoms with Crippen LogP contribution in [0.5, 0.6) is 17.2 Å². The number of amides is 1. The minimum atomic E-state index is -0.782. The van der Waals surface area contributed by atoms with Crippen LogP contribution in [0.2, 0.25) is 0 Å². The van der Waals surface area contributed by atoms with E-state index < -0.39 is 17.1 Å². The van der Waals surface area contributed by atoms with Gasteiger partial charge in [-0.1, -0.05) is 36.4 Å². The van der Waals surface area contributed by atoms with Crippen molar-refractivity contribution in [1.82, 2.24) is 15.1 Å². The lowest BCUT2D eigenvalue weighted by molar-refractivity contribution is -0.121. The van der Waals surface area contributed by atoms with Crippen LogP contribution in [0.4, 0.5) is 0 Å². The van der Waals surface area contributed by atoms with Crippen LogP contribution in [-0.4, -0.2) is 72.8 Å². The summed E-state index contributed by atoms with van der Waals surface area (Å²) in [5.74, 6) is -1.12. The highest BCUT2D eigenvalue weighted by atomic mass is 16.5. The van der Waals surface area contributed by atoms with Gasteiger partial charge < -0.3 is 29.6 Å². The molecule has 0 radical (unpaired) electrons. The molecular formula is C29H35N3O6. The highest BCUT2D eigenvalue weighted by molar-refractivity contribution is 5.77. The monoisotopic (exact) mass is 521 g/mol. The summed E-state index contributed by atoms with van der Waals surface area (Å²) < 4.78 is 11.0. The smallest absolute Gasteiger partial charge is 0.227 e. The van der Waals surface area contributed by atoms with Gasteiger partial charge in [-0.3, -0.25) is 14.5 Å². The second-order valence-corrected chi connectivity index (χ2v) is 9.69. The van der Waals surface area contributed by atoms with E-state index in [-0.39, 0.29) is 35.6 Å². The second-order valence-electron chi connectivity index (χ2n) is 9.69. The number of aryl methyl sites for hydroxylation is 1. The average Bonchev–Trinajstić information content (AvgIpc) is 2.91. The van der Waals surface area contributed by atoms with Crippen molar-refractivity contribution in [3.05, 3.63) is 87.5 Å². The average molecular weight is 522 g/mol. The first kappa shape index (κ1) is 27.2. The van der Waals surface area contributed by atoms with E-state index in [4.69, 9.17) is 9.15 Å². The Morgan fingerprint density at radius 3 is 2.45 bits per heavy atom. The van der Waals surface area contributed by atoms with Gasteiger partial charge in [0.2, 0.25) is 17.1 Å². The van der Waals surface area contributed by atoms with Crippen LogP contribution in [0.3, 0.4) is 0 Å². The highest BCUT2D eigenvalue weighted by Crippen LogP contribution is 2.37. The van der Waals surface area contributed by atoms with E-state index in [1.165, 1.54) is 19.2 Å². The number of aromatic hydroxyl groups is 2. The van der Waals surface area contributed by atoms with Crippen molar-refractivity contribution in [1.29, 1.82) is 0 Å². The Labute approximate surface area is 222 Å². The number of methoxy groups -OCH3 is 1. The lowest BCUT2D eigenvalue weighted by atomic mass is 9.91. The van der Waals surface area contributed by atoms with Crippen molar-refractivity contribution < 1.29 is 24.2 Å². The summed E-state index contributed by atoms with van der Waals surface area (Å²) in [5.41, 5.74) is 1.09. The van der Waals surface area contributed by atoms with E-state index in [2.05, 4.69) is 34.3 Å². The van der Waals surface area contributed by atoms with E-state index in [0.717, 1.165) is 31.7 Å². The molecular weight excluding hydrogens is 486 g/mol. The van der Waals surface area contributed by atoms with Gasteiger partial charge in [0.15, 0.2) is 17.3 Å². The predicted molar refractivity (Wildman–Crippen MR) is 144 cm³/mol. The van der Waals surface area contributed by atoms with Gasteiger partial charge in [0.1, 0.15) is 5.76 Å². The zero-order valence-electron chi connectivity index (χ0n) is 22.0. The summed E-state index contributed by atoms with van der Waals surface area (Å²) in [6.45, 7) is 5.71. The molecule has 1 aromatic heterocycles. The van der Waals surface area contributed by atoms with Crippen LogP contribution in [-0.2, 0) is 4.79 Å². The molecule has 3 aromatic rings. The second kappa shape index (κ2) is 12.1. The highest BCUT2D eigenvalue weighted by Gasteiger charge is 2.28. The van der Waals surface area contributed by atoms with Gasteiger partial charge in [-0.2, -0.15) is 0 Å². The molecule has 38 heavy (non-hydrogen) atoms. The third kappa shape index (κ3) is 6.35. The number of benzene rings is 2. The van der Waals surface area contributed by atoms with Crippen molar-refractivity contribution in [2.45, 2.75) is 25.3 Å². The number of nitrogens with one attached hydrogen (secondary N) is 1. The van der Waals surface area contributed by atoms with Crippen molar-refractivity contribution in [3.63, 3.8) is 0 Å². The van der Waals surface area contributed by atoms with Crippen molar-refractivity contribution >= 4 is 5.91 Å². The quantitative estimate of drug-likeness (QED) is 0.394. The molecule has 1 aliphatic heterocycles. The number of ether oxygens (including phenoxy) is 1. The lowest BCUT2D eigenvalue weighted by Gasteiger charge is -2.38. The third-order valence-electron chi connectivity index (χ3n) is 7.04. The molecule has 1 saturated heterocycles. The van der Waals surface area contributed by atoms with E-state index in [9.17, 15) is 19.8 Å². The summed E-state index contributed by atoms with van der Waals surface area (Å²) in [7, 11) is 3.53. The Hall–Kier alpha value is -3.82. The molecule has 4 rings (SSSR count). The molecule has 2 atom stereocenters. The Balaban J connectivity index is 1.59. The molecule has 0 saturated carbocycles. The summed E-state index contributed by atoms with van der Waals surface area (Å²) in [4.78, 5) is 30.4. The lowest BCUT2D eigenvalue weighted by Crippen LogP contribution is -2.48. The van der Waals surface area contributed by atoms with Crippen molar-refractivity contribution in [2.75, 3.05) is 46.9 Å². The van der Waals surface area contributed by atoms with Crippen molar-refractivity contribution in [2.24, 2.45) is 0 Å². The number of piperazine rings is 1. The molecule has 1 amide bonds. The van der Waals surface area contributed by atoms with Crippen molar-refractivity contribution in [3.8, 4) is 17.2 Å². The first-order chi connectivity index (χ1) is 18.3. The zero-order valence-corrected chi connectivity index (χ0v) is 22.0. The van der Waals surface area contributed by atoms with Crippen LogP contribution in [0.1, 0.15) is 41.0 Å². The summed E-state index contributed by atoms with van der Waals surface area (Å²) in [6.07, 6.45) is -0.0852. The summed E-state index contributed by atoms with van der Waals surface area (Å²) in [5, 5.41) is 23.7. The van der Waals surface area contributed by atoms with Gasteiger partial charge in [0.05, 0.1) is 19.1 Å². The molecule has 2 unspecified atom stereocenters. The van der Waals surface area contributed by atoms with Gasteiger partial charge in [-0.05, 0) is 37.2 Å². The summed E-state index contributed by atoms with van der Waals surface area (Å²) in [6, 6.07) is 16.0. The molecule has 2 heterocycles. The normalized spacial score (nSPS) is 16.1. The van der Waals surface area contributed by atoms with E-state index in [1.54, 1.807) is 19.1 Å². The molecule has 1 fully saturated rings. The maximum Gasteiger partial charge on any atom is 0.227 e. The Kier molecular flexibility index (Phi) is 8.70. The molecule has 9 heteroatoms. The Bertz CT molecular complexity index is 1300. The number of phenols is 1. The molecule has 1 aliphatic rings. The van der Waals surface area contributed by atoms with Gasteiger partial charge in [-0.25, -0.2) is 0 Å². The Morgan fingerprint density at radius 2 is 1.76 bits per heavy atom. The number of likely N-dealkylation sites (N-methyl/N-ethyl adjacent to an activating group) is 1. The number of nitrogens with zero attached hydrogens (tertiary/aromatic N) is 2. The van der Waals surface area contributed by atoms with Crippen LogP contribution in [0, 0.1) is 6.92 Å². The number of hydrogen-bond donors (Lipinski definition) is 3. The van der Waals surface area contributed by atoms with E-state index in [0.29, 0.717) is 17.9 Å². The molecule has 9 nitrogen and oxygen atoms in total. The summed E-state index contributed by atoms with van der Waals surface area (Å²) >= 11 is 0. The maximum absolute atomic E-state index is 13.4. The van der Waals surface area contributed by atoms with E-state index >= 15 is 0 Å². The standard InChI is InChI=1S/C29H35N3O6/c1-19-15-25(34)28(36)29(38-19)22(21-9-10-24(33)26(16-21)37-3)17-27(35)30-18-23(20-7-5-4-6-8-20)32-13-11-31(2)12-14-32/h4-10,15-16,22-23,33,36H,11-14,17-18H2,1-3H3,(H,30,35). The number of phenolic OH excluding ortho intramolecular Hbond substituents is 1. The minimum absolute atomic E-state index is 0.00318. The largest absolute Gasteiger partial charge is 0.504 e. The number of carbonyl (C=O) groups excluding carboxylic acids is 1. The zero-order chi connectivity index (χ0) is 27.2. The maximum atomic E-state index is 13.4. The van der Waals surface area contributed by atoms with Gasteiger partial charge in [-0.15, -0.1) is 0 Å². The topological polar surface area (TPSA) is 115 Å². The van der Waals surface area contributed by atoms with E-state index in [1.807, 2.05) is 18.2 Å². The first-order valence-electron chi connectivity index (χ1n) is 12.7. The fourth-order valence-electron chi connectivity index (χ4n) is 4.87. The predicted octanol–water partition coefficient (Wildman–Crippen LogP) is 2.99. The number of hydrogen-bond acceptors (Lipinski definition) is 8. The van der Waals surface area contributed by atoms with Gasteiger partial charge >= 0.3 is 0 Å². The number of carbonyl (C=O) groups is 1. The molecule has 0 bridgehead atoms.